The summed E-state index contributed by atoms with van der Waals surface area (Å²) in [6.07, 6.45) is 1.97. The maximum absolute atomic E-state index is 13.9. The van der Waals surface area contributed by atoms with E-state index in [9.17, 15) is 9.59 Å². The minimum absolute atomic E-state index is 0.0256. The number of hydrogen-bond acceptors (Lipinski definition) is 4. The monoisotopic (exact) mass is 525 g/mol. The van der Waals surface area contributed by atoms with Crippen molar-refractivity contribution in [1.29, 1.82) is 0 Å². The minimum atomic E-state index is -1.08. The zero-order valence-electron chi connectivity index (χ0n) is 19.3. The molecular weight excluding hydrogens is 498 g/mol. The molecule has 1 aromatic heterocycles. The first-order chi connectivity index (χ1) is 16.4. The lowest BCUT2D eigenvalue weighted by atomic mass is 9.93. The van der Waals surface area contributed by atoms with E-state index in [1.165, 1.54) is 0 Å². The van der Waals surface area contributed by atoms with E-state index in [-0.39, 0.29) is 17.9 Å². The summed E-state index contributed by atoms with van der Waals surface area (Å²) in [5, 5.41) is 4.01. The summed E-state index contributed by atoms with van der Waals surface area (Å²) in [5.41, 5.74) is 1.32. The molecule has 3 heterocycles. The maximum atomic E-state index is 13.9. The number of hydrogen-bond donors (Lipinski definition) is 1. The molecule has 0 spiro atoms. The van der Waals surface area contributed by atoms with Gasteiger partial charge in [0.15, 0.2) is 0 Å². The summed E-state index contributed by atoms with van der Waals surface area (Å²) < 4.78 is 14.0. The molecule has 8 heteroatoms. The van der Waals surface area contributed by atoms with Gasteiger partial charge in [-0.05, 0) is 55.7 Å². The molecule has 1 N–H and O–H groups in total. The molecule has 0 saturated carbocycles. The van der Waals surface area contributed by atoms with Crippen molar-refractivity contribution in [2.75, 3.05) is 20.3 Å². The van der Waals surface area contributed by atoms with Crippen molar-refractivity contribution in [3.63, 3.8) is 0 Å². The highest BCUT2D eigenvalue weighted by Gasteiger charge is 2.47. The Hall–Kier alpha value is -2.84. The van der Waals surface area contributed by atoms with Gasteiger partial charge in [0.25, 0.3) is 5.91 Å². The fraction of sp³-hybridized carbons (Fsp3) is 0.385. The van der Waals surface area contributed by atoms with Gasteiger partial charge in [-0.1, -0.05) is 28.1 Å². The van der Waals surface area contributed by atoms with Gasteiger partial charge in [-0.2, -0.15) is 0 Å². The summed E-state index contributed by atoms with van der Waals surface area (Å²) in [6, 6.07) is 15.5. The molecule has 2 amide bonds. The number of halogens is 1. The Morgan fingerprint density at radius 1 is 1.26 bits per heavy atom. The van der Waals surface area contributed by atoms with Crippen LogP contribution in [0.4, 0.5) is 0 Å². The van der Waals surface area contributed by atoms with E-state index in [0.29, 0.717) is 31.1 Å². The summed E-state index contributed by atoms with van der Waals surface area (Å²) in [5.74, 6) is 0.361. The van der Waals surface area contributed by atoms with Gasteiger partial charge < -0.3 is 24.3 Å². The van der Waals surface area contributed by atoms with E-state index in [1.54, 1.807) is 12.0 Å². The van der Waals surface area contributed by atoms with E-state index >= 15 is 0 Å². The Morgan fingerprint density at radius 2 is 2.12 bits per heavy atom. The SMILES string of the molecule is COc1ccc2cc3n(c2c1)C[C@@](C)(C(=O)NC[C@@H]1CCCO1)N(Cc1cccc(Br)c1)C3=O. The van der Waals surface area contributed by atoms with Gasteiger partial charge in [0.2, 0.25) is 5.91 Å². The van der Waals surface area contributed by atoms with Gasteiger partial charge in [0.1, 0.15) is 17.0 Å². The summed E-state index contributed by atoms with van der Waals surface area (Å²) >= 11 is 3.51. The van der Waals surface area contributed by atoms with Crippen LogP contribution in [0.5, 0.6) is 5.75 Å². The predicted molar refractivity (Wildman–Crippen MR) is 133 cm³/mol. The number of nitrogens with one attached hydrogen (secondary N) is 1. The molecular formula is C26H28BrN3O4. The second-order valence-electron chi connectivity index (χ2n) is 9.18. The number of carbonyl (C=O) groups excluding carboxylic acids is 2. The number of carbonyl (C=O) groups is 2. The van der Waals surface area contributed by atoms with Crippen molar-refractivity contribution in [2.24, 2.45) is 0 Å². The lowest BCUT2D eigenvalue weighted by Crippen LogP contribution is -2.64. The largest absolute Gasteiger partial charge is 0.497 e. The van der Waals surface area contributed by atoms with Crippen LogP contribution in [0.2, 0.25) is 0 Å². The molecule has 1 fully saturated rings. The summed E-state index contributed by atoms with van der Waals surface area (Å²) in [7, 11) is 1.62. The zero-order valence-corrected chi connectivity index (χ0v) is 20.9. The zero-order chi connectivity index (χ0) is 23.9. The number of methoxy groups -OCH3 is 1. The van der Waals surface area contributed by atoms with Crippen LogP contribution in [0.25, 0.3) is 10.9 Å². The normalized spacial score (nSPS) is 22.1. The number of ether oxygens (including phenoxy) is 2. The lowest BCUT2D eigenvalue weighted by molar-refractivity contribution is -0.133. The Kier molecular flexibility index (Phi) is 6.12. The molecule has 2 aliphatic rings. The van der Waals surface area contributed by atoms with E-state index in [1.807, 2.05) is 60.0 Å². The highest BCUT2D eigenvalue weighted by atomic mass is 79.9. The van der Waals surface area contributed by atoms with E-state index in [0.717, 1.165) is 40.4 Å². The molecule has 0 radical (unpaired) electrons. The molecule has 0 aliphatic carbocycles. The number of fused-ring (bicyclic) bond motifs is 3. The lowest BCUT2D eigenvalue weighted by Gasteiger charge is -2.44. The molecule has 0 bridgehead atoms. The van der Waals surface area contributed by atoms with Crippen LogP contribution in [0.3, 0.4) is 0 Å². The van der Waals surface area contributed by atoms with Crippen LogP contribution in [0.1, 0.15) is 35.8 Å². The van der Waals surface area contributed by atoms with Crippen molar-refractivity contribution in [3.05, 3.63) is 64.3 Å². The second kappa shape index (κ2) is 9.07. The van der Waals surface area contributed by atoms with Gasteiger partial charge in [-0.25, -0.2) is 0 Å². The summed E-state index contributed by atoms with van der Waals surface area (Å²) in [4.78, 5) is 29.2. The Morgan fingerprint density at radius 3 is 2.85 bits per heavy atom. The predicted octanol–water partition coefficient (Wildman–Crippen LogP) is 4.12. The van der Waals surface area contributed by atoms with Gasteiger partial charge in [-0.3, -0.25) is 9.59 Å². The third-order valence-electron chi connectivity index (χ3n) is 6.87. The maximum Gasteiger partial charge on any atom is 0.271 e. The average Bonchev–Trinajstić information content (AvgIpc) is 3.48. The Bertz CT molecular complexity index is 1250. The highest BCUT2D eigenvalue weighted by Crippen LogP contribution is 2.35. The fourth-order valence-corrected chi connectivity index (χ4v) is 5.37. The van der Waals surface area contributed by atoms with Gasteiger partial charge in [0, 0.05) is 35.6 Å². The molecule has 7 nitrogen and oxygen atoms in total. The van der Waals surface area contributed by atoms with E-state index in [2.05, 4.69) is 21.2 Å². The smallest absolute Gasteiger partial charge is 0.271 e. The number of aromatic nitrogens is 1. The summed E-state index contributed by atoms with van der Waals surface area (Å²) in [6.45, 7) is 3.69. The third kappa shape index (κ3) is 4.09. The van der Waals surface area contributed by atoms with Crippen LogP contribution < -0.4 is 10.1 Å². The van der Waals surface area contributed by atoms with Crippen molar-refractivity contribution >= 4 is 38.6 Å². The standard InChI is InChI=1S/C26H28BrN3O4/c1-26(25(32)28-14-21-7-4-10-34-21)16-29-22-13-20(33-2)9-8-18(22)12-23(29)24(31)30(26)15-17-5-3-6-19(27)11-17/h3,5-6,8-9,11-13,21H,4,7,10,14-16H2,1-2H3,(H,28,32)/t21-,26-/m0/s1. The number of benzene rings is 2. The van der Waals surface area contributed by atoms with Gasteiger partial charge >= 0.3 is 0 Å². The van der Waals surface area contributed by atoms with Crippen molar-refractivity contribution in [1.82, 2.24) is 14.8 Å². The van der Waals surface area contributed by atoms with E-state index < -0.39 is 5.54 Å². The van der Waals surface area contributed by atoms with Crippen LogP contribution in [-0.4, -0.2) is 53.2 Å². The van der Waals surface area contributed by atoms with Crippen molar-refractivity contribution in [2.45, 2.75) is 44.5 Å². The molecule has 2 aliphatic heterocycles. The Labute approximate surface area is 207 Å². The molecule has 1 saturated heterocycles. The van der Waals surface area contributed by atoms with E-state index in [4.69, 9.17) is 9.47 Å². The number of nitrogens with zero attached hydrogens (tertiary/aromatic N) is 2. The van der Waals surface area contributed by atoms with Crippen LogP contribution in [-0.2, 0) is 22.6 Å². The Balaban J connectivity index is 1.54. The molecule has 178 valence electrons. The molecule has 34 heavy (non-hydrogen) atoms. The highest BCUT2D eigenvalue weighted by molar-refractivity contribution is 9.10. The molecule has 2 aromatic carbocycles. The first-order valence-corrected chi connectivity index (χ1v) is 12.3. The molecule has 3 aromatic rings. The number of rotatable bonds is 6. The average molecular weight is 526 g/mol. The first-order valence-electron chi connectivity index (χ1n) is 11.5. The molecule has 0 unspecified atom stereocenters. The number of amides is 2. The fourth-order valence-electron chi connectivity index (χ4n) is 4.93. The first kappa shape index (κ1) is 22.9. The third-order valence-corrected chi connectivity index (χ3v) is 7.36. The second-order valence-corrected chi connectivity index (χ2v) is 10.1. The van der Waals surface area contributed by atoms with Crippen LogP contribution in [0, 0.1) is 0 Å². The molecule has 5 rings (SSSR count). The van der Waals surface area contributed by atoms with Crippen molar-refractivity contribution < 1.29 is 19.1 Å². The van der Waals surface area contributed by atoms with Gasteiger partial charge in [-0.15, -0.1) is 0 Å². The van der Waals surface area contributed by atoms with Gasteiger partial charge in [0.05, 0.1) is 25.3 Å². The van der Waals surface area contributed by atoms with Crippen LogP contribution >= 0.6 is 15.9 Å². The van der Waals surface area contributed by atoms with Crippen molar-refractivity contribution in [3.8, 4) is 5.75 Å². The quantitative estimate of drug-likeness (QED) is 0.525. The van der Waals surface area contributed by atoms with Crippen LogP contribution in [0.15, 0.2) is 53.0 Å². The molecule has 2 atom stereocenters. The topological polar surface area (TPSA) is 72.8 Å². The minimum Gasteiger partial charge on any atom is -0.497 e.